The molecule has 2 atom stereocenters. The van der Waals surface area contributed by atoms with Crippen LogP contribution in [0.2, 0.25) is 0 Å². The minimum Gasteiger partial charge on any atom is -0.481 e. The summed E-state index contributed by atoms with van der Waals surface area (Å²) in [5.74, 6) is -0.661. The van der Waals surface area contributed by atoms with Crippen LogP contribution >= 0.6 is 0 Å². The molecule has 0 radical (unpaired) electrons. The highest BCUT2D eigenvalue weighted by molar-refractivity contribution is 5.75. The van der Waals surface area contributed by atoms with Crippen molar-refractivity contribution in [1.29, 1.82) is 0 Å². The second kappa shape index (κ2) is 7.11. The first-order valence-corrected chi connectivity index (χ1v) is 7.97. The highest BCUT2D eigenvalue weighted by Crippen LogP contribution is 2.22. The average Bonchev–Trinajstić information content (AvgIpc) is 3.06. The third-order valence-electron chi connectivity index (χ3n) is 4.74. The predicted octanol–water partition coefficient (Wildman–Crippen LogP) is 1.32. The Morgan fingerprint density at radius 1 is 1.29 bits per heavy atom. The van der Waals surface area contributed by atoms with E-state index in [0.717, 1.165) is 32.5 Å². The van der Waals surface area contributed by atoms with Crippen LogP contribution in [0.25, 0.3) is 0 Å². The largest absolute Gasteiger partial charge is 0.481 e. The topological polar surface area (TPSA) is 64.1 Å². The number of amides is 2. The molecule has 2 amide bonds. The maximum absolute atomic E-state index is 12.4. The molecule has 0 saturated carbocycles. The Morgan fingerprint density at radius 2 is 2.05 bits per heavy atom. The van der Waals surface area contributed by atoms with Gasteiger partial charge in [-0.25, -0.2) is 4.79 Å². The van der Waals surface area contributed by atoms with Gasteiger partial charge in [-0.2, -0.15) is 0 Å². The van der Waals surface area contributed by atoms with Gasteiger partial charge in [-0.15, -0.1) is 0 Å². The van der Waals surface area contributed by atoms with E-state index >= 15 is 0 Å². The van der Waals surface area contributed by atoms with E-state index in [-0.39, 0.29) is 18.4 Å². The summed E-state index contributed by atoms with van der Waals surface area (Å²) in [6.45, 7) is 6.37. The summed E-state index contributed by atoms with van der Waals surface area (Å²) in [7, 11) is 1.86. The maximum Gasteiger partial charge on any atom is 0.319 e. The molecule has 2 aliphatic rings. The molecule has 2 aliphatic heterocycles. The minimum absolute atomic E-state index is 0.0471. The number of urea groups is 1. The highest BCUT2D eigenvalue weighted by atomic mass is 16.4. The first kappa shape index (κ1) is 16.1. The number of carbonyl (C=O) groups excluding carboxylic acids is 1. The van der Waals surface area contributed by atoms with Crippen LogP contribution in [0.15, 0.2) is 0 Å². The Hall–Kier alpha value is -1.30. The molecule has 0 aromatic carbocycles. The SMILES string of the molecule is CCN1CCCC1CN(C)C(=O)N1CCC(CC(=O)O)C1. The van der Waals surface area contributed by atoms with E-state index in [2.05, 4.69) is 11.8 Å². The van der Waals surface area contributed by atoms with Crippen molar-refractivity contribution in [2.45, 2.75) is 38.6 Å². The van der Waals surface area contributed by atoms with Gasteiger partial charge >= 0.3 is 12.0 Å². The van der Waals surface area contributed by atoms with Crippen molar-refractivity contribution in [2.24, 2.45) is 5.92 Å². The van der Waals surface area contributed by atoms with Crippen molar-refractivity contribution < 1.29 is 14.7 Å². The molecule has 0 spiro atoms. The van der Waals surface area contributed by atoms with E-state index in [1.54, 1.807) is 4.90 Å². The third kappa shape index (κ3) is 4.09. The lowest BCUT2D eigenvalue weighted by atomic mass is 10.1. The fourth-order valence-electron chi connectivity index (χ4n) is 3.57. The lowest BCUT2D eigenvalue weighted by molar-refractivity contribution is -0.138. The standard InChI is InChI=1S/C15H27N3O3/c1-3-17-7-4-5-13(17)11-16(2)15(21)18-8-6-12(10-18)9-14(19)20/h12-13H,3-11H2,1-2H3,(H,19,20). The Bertz CT molecular complexity index is 388. The summed E-state index contributed by atoms with van der Waals surface area (Å²) in [6.07, 6.45) is 3.34. The number of likely N-dealkylation sites (tertiary alicyclic amines) is 2. The van der Waals surface area contributed by atoms with Crippen molar-refractivity contribution in [3.63, 3.8) is 0 Å². The Kier molecular flexibility index (Phi) is 5.45. The zero-order valence-electron chi connectivity index (χ0n) is 13.1. The van der Waals surface area contributed by atoms with E-state index < -0.39 is 5.97 Å². The van der Waals surface area contributed by atoms with Gasteiger partial charge in [-0.3, -0.25) is 9.69 Å². The van der Waals surface area contributed by atoms with Crippen LogP contribution < -0.4 is 0 Å². The Labute approximate surface area is 126 Å². The zero-order chi connectivity index (χ0) is 15.4. The van der Waals surface area contributed by atoms with Gasteiger partial charge in [-0.05, 0) is 38.3 Å². The number of rotatable bonds is 5. The van der Waals surface area contributed by atoms with Crippen molar-refractivity contribution in [3.05, 3.63) is 0 Å². The first-order valence-electron chi connectivity index (χ1n) is 7.97. The third-order valence-corrected chi connectivity index (χ3v) is 4.74. The molecule has 21 heavy (non-hydrogen) atoms. The van der Waals surface area contributed by atoms with Crippen LogP contribution in [-0.2, 0) is 4.79 Å². The predicted molar refractivity (Wildman–Crippen MR) is 80.2 cm³/mol. The average molecular weight is 297 g/mol. The molecular weight excluding hydrogens is 270 g/mol. The first-order chi connectivity index (χ1) is 10.0. The van der Waals surface area contributed by atoms with Gasteiger partial charge in [0.1, 0.15) is 0 Å². The highest BCUT2D eigenvalue weighted by Gasteiger charge is 2.31. The molecule has 6 heteroatoms. The molecule has 0 aromatic heterocycles. The number of hydrogen-bond donors (Lipinski definition) is 1. The summed E-state index contributed by atoms with van der Waals surface area (Å²) in [5, 5.41) is 8.83. The smallest absolute Gasteiger partial charge is 0.319 e. The van der Waals surface area contributed by atoms with Crippen molar-refractivity contribution in [2.75, 3.05) is 39.8 Å². The van der Waals surface area contributed by atoms with Crippen LogP contribution in [0, 0.1) is 5.92 Å². The normalized spacial score (nSPS) is 26.3. The quantitative estimate of drug-likeness (QED) is 0.831. The molecule has 120 valence electrons. The summed E-state index contributed by atoms with van der Waals surface area (Å²) >= 11 is 0. The minimum atomic E-state index is -0.771. The summed E-state index contributed by atoms with van der Waals surface area (Å²) in [6, 6.07) is 0.521. The zero-order valence-corrected chi connectivity index (χ0v) is 13.1. The molecule has 2 unspecified atom stereocenters. The second-order valence-electron chi connectivity index (χ2n) is 6.29. The molecule has 2 rings (SSSR count). The number of aliphatic carboxylic acids is 1. The van der Waals surface area contributed by atoms with Crippen molar-refractivity contribution in [3.8, 4) is 0 Å². The monoisotopic (exact) mass is 297 g/mol. The van der Waals surface area contributed by atoms with Crippen LogP contribution in [0.4, 0.5) is 4.79 Å². The van der Waals surface area contributed by atoms with Crippen LogP contribution in [-0.4, -0.2) is 77.6 Å². The number of likely N-dealkylation sites (N-methyl/N-ethyl adjacent to an activating group) is 2. The van der Waals surface area contributed by atoms with Crippen LogP contribution in [0.1, 0.15) is 32.6 Å². The molecule has 0 aliphatic carbocycles. The Morgan fingerprint density at radius 3 is 2.71 bits per heavy atom. The molecule has 2 fully saturated rings. The Balaban J connectivity index is 1.81. The molecule has 6 nitrogen and oxygen atoms in total. The summed E-state index contributed by atoms with van der Waals surface area (Å²) < 4.78 is 0. The molecule has 0 aromatic rings. The summed E-state index contributed by atoms with van der Waals surface area (Å²) in [5.41, 5.74) is 0. The molecular formula is C15H27N3O3. The van der Waals surface area contributed by atoms with Crippen LogP contribution in [0.3, 0.4) is 0 Å². The second-order valence-corrected chi connectivity index (χ2v) is 6.29. The lowest BCUT2D eigenvalue weighted by Gasteiger charge is -2.30. The number of carboxylic acid groups (broad SMARTS) is 1. The fourth-order valence-corrected chi connectivity index (χ4v) is 3.57. The van der Waals surface area contributed by atoms with Gasteiger partial charge < -0.3 is 14.9 Å². The van der Waals surface area contributed by atoms with Crippen LogP contribution in [0.5, 0.6) is 0 Å². The van der Waals surface area contributed by atoms with Gasteiger partial charge in [0, 0.05) is 39.1 Å². The molecule has 1 N–H and O–H groups in total. The van der Waals surface area contributed by atoms with E-state index in [9.17, 15) is 9.59 Å². The van der Waals surface area contributed by atoms with Gasteiger partial charge in [-0.1, -0.05) is 6.92 Å². The molecule has 2 saturated heterocycles. The lowest BCUT2D eigenvalue weighted by Crippen LogP contribution is -2.46. The van der Waals surface area contributed by atoms with Gasteiger partial charge in [0.05, 0.1) is 0 Å². The van der Waals surface area contributed by atoms with E-state index in [0.29, 0.717) is 19.1 Å². The van der Waals surface area contributed by atoms with E-state index in [1.807, 2.05) is 11.9 Å². The van der Waals surface area contributed by atoms with Crippen molar-refractivity contribution >= 4 is 12.0 Å². The van der Waals surface area contributed by atoms with E-state index in [4.69, 9.17) is 5.11 Å². The van der Waals surface area contributed by atoms with Crippen molar-refractivity contribution in [1.82, 2.24) is 14.7 Å². The van der Waals surface area contributed by atoms with Gasteiger partial charge in [0.25, 0.3) is 0 Å². The number of carbonyl (C=O) groups is 2. The molecule has 0 bridgehead atoms. The number of carboxylic acids is 1. The number of hydrogen-bond acceptors (Lipinski definition) is 3. The van der Waals surface area contributed by atoms with E-state index in [1.165, 1.54) is 6.42 Å². The maximum atomic E-state index is 12.4. The van der Waals surface area contributed by atoms with Gasteiger partial charge in [0.2, 0.25) is 0 Å². The summed E-state index contributed by atoms with van der Waals surface area (Å²) in [4.78, 5) is 29.2. The fraction of sp³-hybridized carbons (Fsp3) is 0.867. The number of nitrogens with zero attached hydrogens (tertiary/aromatic N) is 3. The molecule has 2 heterocycles. The van der Waals surface area contributed by atoms with Gasteiger partial charge in [0.15, 0.2) is 0 Å².